The molecule has 3 unspecified atom stereocenters. The van der Waals surface area contributed by atoms with Crippen molar-refractivity contribution < 1.29 is 33.6 Å². The molecule has 5 fully saturated rings. The van der Waals surface area contributed by atoms with Crippen molar-refractivity contribution >= 4 is 12.6 Å². The summed E-state index contributed by atoms with van der Waals surface area (Å²) in [5.74, 6) is 0.300. The summed E-state index contributed by atoms with van der Waals surface area (Å²) in [4.78, 5) is 33.9. The summed E-state index contributed by atoms with van der Waals surface area (Å²) in [5, 5.41) is 0. The highest BCUT2D eigenvalue weighted by Gasteiger charge is 2.78. The van der Waals surface area contributed by atoms with E-state index < -0.39 is 17.3 Å². The lowest BCUT2D eigenvalue weighted by molar-refractivity contribution is -0.647. The van der Waals surface area contributed by atoms with Gasteiger partial charge in [0.2, 0.25) is 0 Å². The van der Waals surface area contributed by atoms with Gasteiger partial charge in [-0.2, -0.15) is 4.89 Å². The lowest BCUT2D eigenvalue weighted by atomic mass is 9.45. The van der Waals surface area contributed by atoms with Crippen molar-refractivity contribution in [3.05, 3.63) is 29.8 Å². The molecule has 4 bridgehead atoms. The molecule has 0 N–H and O–H groups in total. The van der Waals surface area contributed by atoms with E-state index >= 15 is 0 Å². The average molecular weight is 445 g/mol. The highest BCUT2D eigenvalue weighted by Crippen LogP contribution is 2.70. The number of hydrogen-bond donors (Lipinski definition) is 0. The predicted octanol–water partition coefficient (Wildman–Crippen LogP) is 3.58. The molecule has 32 heavy (non-hydrogen) atoms. The minimum absolute atomic E-state index is 0.219. The molecule has 1 aromatic carbocycles. The summed E-state index contributed by atoms with van der Waals surface area (Å²) in [7, 11) is 1.69. The molecule has 1 heterocycles. The Morgan fingerprint density at radius 3 is 2.47 bits per heavy atom. The molecule has 7 heteroatoms. The van der Waals surface area contributed by atoms with Crippen LogP contribution in [0.5, 0.6) is 5.75 Å². The molecule has 3 atom stereocenters. The molecule has 4 saturated carbocycles. The van der Waals surface area contributed by atoms with Crippen LogP contribution in [0.1, 0.15) is 51.0 Å². The lowest BCUT2D eigenvalue weighted by Gasteiger charge is -2.70. The average Bonchev–Trinajstić information content (AvgIpc) is 2.77. The molecule has 1 aliphatic heterocycles. The molecule has 0 aromatic heterocycles. The fraction of sp³-hybridized carbons (Fsp3) is 0.680. The van der Waals surface area contributed by atoms with Crippen LogP contribution in [0.25, 0.3) is 0 Å². The summed E-state index contributed by atoms with van der Waals surface area (Å²) in [6, 6.07) is 7.92. The molecule has 174 valence electrons. The van der Waals surface area contributed by atoms with Crippen LogP contribution in [-0.4, -0.2) is 44.1 Å². The molecule has 1 saturated heterocycles. The summed E-state index contributed by atoms with van der Waals surface area (Å²) < 4.78 is 18.3. The van der Waals surface area contributed by atoms with Crippen LogP contribution in [0.3, 0.4) is 0 Å². The largest absolute Gasteiger partial charge is 0.494 e. The van der Waals surface area contributed by atoms with Crippen LogP contribution in [-0.2, 0) is 34.6 Å². The summed E-state index contributed by atoms with van der Waals surface area (Å²) in [5.41, 5.74) is 0.146. The first-order valence-electron chi connectivity index (χ1n) is 11.7. The van der Waals surface area contributed by atoms with Gasteiger partial charge in [0.15, 0.2) is 5.60 Å². The van der Waals surface area contributed by atoms with Crippen LogP contribution in [0, 0.1) is 23.7 Å². The maximum absolute atomic E-state index is 11.0. The Morgan fingerprint density at radius 2 is 1.88 bits per heavy atom. The number of methoxy groups -OCH3 is 1. The number of rotatable bonds is 10. The number of carbonyl (C=O) groups excluding carboxylic acids is 2. The van der Waals surface area contributed by atoms with Gasteiger partial charge in [-0.1, -0.05) is 12.1 Å². The fourth-order valence-electron chi connectivity index (χ4n) is 7.08. The van der Waals surface area contributed by atoms with Gasteiger partial charge in [-0.3, -0.25) is 0 Å². The minimum Gasteiger partial charge on any atom is -0.494 e. The second-order valence-corrected chi connectivity index (χ2v) is 9.84. The Kier molecular flexibility index (Phi) is 5.64. The lowest BCUT2D eigenvalue weighted by Crippen LogP contribution is -2.78. The zero-order valence-electron chi connectivity index (χ0n) is 18.8. The Balaban J connectivity index is 1.40. The molecule has 5 aliphatic rings. The number of ether oxygens (including phenoxy) is 3. The quantitative estimate of drug-likeness (QED) is 0.310. The van der Waals surface area contributed by atoms with E-state index in [1.54, 1.807) is 7.11 Å². The Bertz CT molecular complexity index is 842. The summed E-state index contributed by atoms with van der Waals surface area (Å²) >= 11 is 0. The molecule has 7 nitrogen and oxygen atoms in total. The molecule has 1 spiro atoms. The first-order chi connectivity index (χ1) is 15.5. The van der Waals surface area contributed by atoms with Gasteiger partial charge in [0, 0.05) is 31.1 Å². The Hall–Kier alpha value is -1.80. The maximum Gasteiger partial charge on any atom is 0.260 e. The van der Waals surface area contributed by atoms with Gasteiger partial charge in [-0.05, 0) is 63.5 Å². The standard InChI is InChI=1S/C25H32O7/c1-3-29-22-6-4-5-19(11-22)25(28-2)24(31-32-25)20-9-18-10-21(24)14-23(12-18,13-20)30-8-7-17(15-26)16-27/h4-6,11,15-18,20-21H,3,7-10,12-14H2,1-2H3. The second-order valence-electron chi connectivity index (χ2n) is 9.84. The molecule has 1 aromatic rings. The number of aldehydes is 2. The van der Waals surface area contributed by atoms with E-state index in [9.17, 15) is 9.59 Å². The SMILES string of the molecule is CCOc1cccc(C2(OC)OOC23C2CC4CC3CC(OCCC(C=O)C=O)(C4)C2)c1. The van der Waals surface area contributed by atoms with Crippen LogP contribution < -0.4 is 4.74 Å². The third-order valence-electron chi connectivity index (χ3n) is 8.18. The first-order valence-corrected chi connectivity index (χ1v) is 11.7. The third kappa shape index (κ3) is 3.09. The molecular formula is C25H32O7. The van der Waals surface area contributed by atoms with Crippen LogP contribution >= 0.6 is 0 Å². The van der Waals surface area contributed by atoms with Crippen molar-refractivity contribution in [2.45, 2.75) is 62.4 Å². The summed E-state index contributed by atoms with van der Waals surface area (Å²) in [6.45, 7) is 2.98. The van der Waals surface area contributed by atoms with Gasteiger partial charge < -0.3 is 23.8 Å². The van der Waals surface area contributed by atoms with Gasteiger partial charge in [0.05, 0.1) is 18.1 Å². The van der Waals surface area contributed by atoms with Crippen molar-refractivity contribution in [1.82, 2.24) is 0 Å². The van der Waals surface area contributed by atoms with E-state index in [1.165, 1.54) is 0 Å². The minimum atomic E-state index is -0.968. The van der Waals surface area contributed by atoms with Gasteiger partial charge in [0.1, 0.15) is 18.3 Å². The van der Waals surface area contributed by atoms with Gasteiger partial charge in [0.25, 0.3) is 5.79 Å². The van der Waals surface area contributed by atoms with Crippen LogP contribution in [0.4, 0.5) is 0 Å². The summed E-state index contributed by atoms with van der Waals surface area (Å²) in [6.07, 6.45) is 6.73. The smallest absolute Gasteiger partial charge is 0.260 e. The van der Waals surface area contributed by atoms with Crippen molar-refractivity contribution in [2.24, 2.45) is 23.7 Å². The zero-order chi connectivity index (χ0) is 22.4. The Labute approximate surface area is 188 Å². The second kappa shape index (κ2) is 8.20. The van der Waals surface area contributed by atoms with E-state index in [0.29, 0.717) is 38.1 Å². The monoisotopic (exact) mass is 444 g/mol. The number of hydrogen-bond acceptors (Lipinski definition) is 7. The predicted molar refractivity (Wildman–Crippen MR) is 114 cm³/mol. The van der Waals surface area contributed by atoms with Crippen molar-refractivity contribution in [3.8, 4) is 5.75 Å². The zero-order valence-corrected chi connectivity index (χ0v) is 18.8. The number of benzene rings is 1. The van der Waals surface area contributed by atoms with Crippen LogP contribution in [0.2, 0.25) is 0 Å². The van der Waals surface area contributed by atoms with Crippen molar-refractivity contribution in [2.75, 3.05) is 20.3 Å². The van der Waals surface area contributed by atoms with E-state index in [-0.39, 0.29) is 17.4 Å². The first kappa shape index (κ1) is 22.0. The van der Waals surface area contributed by atoms with Crippen molar-refractivity contribution in [3.63, 3.8) is 0 Å². The molecule has 0 amide bonds. The van der Waals surface area contributed by atoms with E-state index in [2.05, 4.69) is 0 Å². The van der Waals surface area contributed by atoms with Gasteiger partial charge in [-0.25, -0.2) is 4.89 Å². The molecule has 0 radical (unpaired) electrons. The maximum atomic E-state index is 11.0. The van der Waals surface area contributed by atoms with Crippen molar-refractivity contribution in [1.29, 1.82) is 0 Å². The van der Waals surface area contributed by atoms with E-state index in [4.69, 9.17) is 24.0 Å². The topological polar surface area (TPSA) is 80.3 Å². The highest BCUT2D eigenvalue weighted by atomic mass is 17.3. The van der Waals surface area contributed by atoms with Gasteiger partial charge >= 0.3 is 0 Å². The number of carbonyl (C=O) groups is 2. The van der Waals surface area contributed by atoms with E-state index in [1.807, 2.05) is 31.2 Å². The fourth-order valence-corrected chi connectivity index (χ4v) is 7.08. The molecular weight excluding hydrogens is 412 g/mol. The van der Waals surface area contributed by atoms with Gasteiger partial charge in [-0.15, -0.1) is 0 Å². The molecule has 4 aliphatic carbocycles. The molecule has 6 rings (SSSR count). The Morgan fingerprint density at radius 1 is 1.12 bits per heavy atom. The van der Waals surface area contributed by atoms with Crippen LogP contribution in [0.15, 0.2) is 24.3 Å². The highest BCUT2D eigenvalue weighted by molar-refractivity contribution is 5.77. The third-order valence-corrected chi connectivity index (χ3v) is 8.18. The normalized spacial score (nSPS) is 39.3. The van der Waals surface area contributed by atoms with E-state index in [0.717, 1.165) is 43.4 Å².